The molecule has 26 heavy (non-hydrogen) atoms. The number of anilines is 1. The summed E-state index contributed by atoms with van der Waals surface area (Å²) in [6.45, 7) is 1.86. The minimum atomic E-state index is -0.671. The molecule has 0 atom stereocenters. The molecule has 0 aliphatic heterocycles. The van der Waals surface area contributed by atoms with E-state index in [2.05, 4.69) is 10.4 Å². The lowest BCUT2D eigenvalue weighted by atomic mass is 10.2. The largest absolute Gasteiger partial charge is 0.408 e. The number of non-ortho nitro benzene ring substituents is 1. The summed E-state index contributed by atoms with van der Waals surface area (Å²) in [6.07, 6.45) is 0.449. The van der Waals surface area contributed by atoms with Gasteiger partial charge in [0.2, 0.25) is 5.91 Å². The lowest BCUT2D eigenvalue weighted by molar-refractivity contribution is -0.389. The molecule has 0 fully saturated rings. The van der Waals surface area contributed by atoms with Crippen molar-refractivity contribution in [2.75, 3.05) is 5.32 Å². The Labute approximate surface area is 157 Å². The molecule has 2 aromatic rings. The zero-order chi connectivity index (χ0) is 19.4. The van der Waals surface area contributed by atoms with Crippen LogP contribution in [0.2, 0.25) is 10.0 Å². The Bertz CT molecular complexity index is 883. The van der Waals surface area contributed by atoms with Crippen molar-refractivity contribution < 1.29 is 14.6 Å². The van der Waals surface area contributed by atoms with Crippen molar-refractivity contribution in [2.45, 2.75) is 26.3 Å². The molecule has 0 saturated carbocycles. The zero-order valence-electron chi connectivity index (χ0n) is 13.4. The molecule has 0 aliphatic carbocycles. The van der Waals surface area contributed by atoms with Crippen LogP contribution in [-0.2, 0) is 11.3 Å². The van der Waals surface area contributed by atoms with Gasteiger partial charge < -0.3 is 15.4 Å². The maximum absolute atomic E-state index is 12.0. The molecule has 12 heteroatoms. The average Bonchev–Trinajstić information content (AvgIpc) is 2.85. The molecule has 0 bridgehead atoms. The molecule has 0 aliphatic rings. The van der Waals surface area contributed by atoms with E-state index < -0.39 is 15.7 Å². The molecule has 10 nitrogen and oxygen atoms in total. The number of hydrogen-bond donors (Lipinski definition) is 1. The number of nitro groups is 2. The quantitative estimate of drug-likeness (QED) is 0.554. The summed E-state index contributed by atoms with van der Waals surface area (Å²) in [7, 11) is 0. The van der Waals surface area contributed by atoms with Crippen LogP contribution >= 0.6 is 23.2 Å². The van der Waals surface area contributed by atoms with E-state index in [0.717, 1.165) is 6.07 Å². The minimum absolute atomic E-state index is 0.0305. The van der Waals surface area contributed by atoms with Gasteiger partial charge in [0, 0.05) is 18.6 Å². The van der Waals surface area contributed by atoms with E-state index in [-0.39, 0.29) is 40.3 Å². The molecule has 0 unspecified atom stereocenters. The standard InChI is InChI=1S/C14H13Cl2N5O5/c1-8-13(16)14(21(25)26)18-19(8)6-2-3-12(22)17-11-5-4-9(20(23)24)7-10(11)15/h4-5,7H,2-3,6H2,1H3,(H,17,22). The molecule has 0 saturated heterocycles. The van der Waals surface area contributed by atoms with Crippen LogP contribution < -0.4 is 5.32 Å². The number of nitro benzene ring substituents is 1. The van der Waals surface area contributed by atoms with Crippen LogP contribution in [0.15, 0.2) is 18.2 Å². The van der Waals surface area contributed by atoms with Crippen molar-refractivity contribution in [3.8, 4) is 0 Å². The lowest BCUT2D eigenvalue weighted by Gasteiger charge is -2.07. The first-order valence-corrected chi connectivity index (χ1v) is 8.07. The molecule has 138 valence electrons. The lowest BCUT2D eigenvalue weighted by Crippen LogP contribution is -2.13. The fourth-order valence-electron chi connectivity index (χ4n) is 2.16. The molecular weight excluding hydrogens is 389 g/mol. The van der Waals surface area contributed by atoms with E-state index in [0.29, 0.717) is 12.1 Å². The Balaban J connectivity index is 1.93. The van der Waals surface area contributed by atoms with Gasteiger partial charge in [0.15, 0.2) is 5.02 Å². The van der Waals surface area contributed by atoms with Crippen molar-refractivity contribution in [3.63, 3.8) is 0 Å². The summed E-state index contributed by atoms with van der Waals surface area (Å²) in [5.41, 5.74) is 0.522. The molecule has 1 aromatic heterocycles. The highest BCUT2D eigenvalue weighted by atomic mass is 35.5. The highest BCUT2D eigenvalue weighted by Crippen LogP contribution is 2.28. The molecule has 1 aromatic carbocycles. The number of aromatic nitrogens is 2. The third kappa shape index (κ3) is 4.46. The first-order valence-electron chi connectivity index (χ1n) is 7.31. The van der Waals surface area contributed by atoms with Crippen molar-refractivity contribution >= 4 is 46.3 Å². The van der Waals surface area contributed by atoms with Gasteiger partial charge in [-0.05, 0) is 24.3 Å². The van der Waals surface area contributed by atoms with Gasteiger partial charge in [-0.3, -0.25) is 14.9 Å². The third-order valence-corrected chi connectivity index (χ3v) is 4.26. The molecular formula is C14H13Cl2N5O5. The summed E-state index contributed by atoms with van der Waals surface area (Å²) in [4.78, 5) is 32.2. The van der Waals surface area contributed by atoms with Crippen LogP contribution in [0.3, 0.4) is 0 Å². The van der Waals surface area contributed by atoms with Gasteiger partial charge in [0.1, 0.15) is 0 Å². The van der Waals surface area contributed by atoms with Crippen molar-refractivity contribution in [2.24, 2.45) is 0 Å². The van der Waals surface area contributed by atoms with E-state index in [4.69, 9.17) is 23.2 Å². The summed E-state index contributed by atoms with van der Waals surface area (Å²) in [5.74, 6) is -0.780. The van der Waals surface area contributed by atoms with Gasteiger partial charge in [-0.25, -0.2) is 0 Å². The molecule has 1 heterocycles. The van der Waals surface area contributed by atoms with E-state index in [9.17, 15) is 25.0 Å². The zero-order valence-corrected chi connectivity index (χ0v) is 15.0. The van der Waals surface area contributed by atoms with Crippen LogP contribution in [0.1, 0.15) is 18.5 Å². The van der Waals surface area contributed by atoms with Gasteiger partial charge in [0.25, 0.3) is 5.69 Å². The van der Waals surface area contributed by atoms with Gasteiger partial charge in [-0.15, -0.1) is 0 Å². The molecule has 0 spiro atoms. The highest BCUT2D eigenvalue weighted by Gasteiger charge is 2.23. The average molecular weight is 402 g/mol. The number of benzene rings is 1. The maximum atomic E-state index is 12.0. The van der Waals surface area contributed by atoms with E-state index in [1.807, 2.05) is 0 Å². The van der Waals surface area contributed by atoms with Crippen LogP contribution in [0.5, 0.6) is 0 Å². The normalized spacial score (nSPS) is 10.6. The Morgan fingerprint density at radius 1 is 1.27 bits per heavy atom. The summed E-state index contributed by atoms with van der Waals surface area (Å²) in [5, 5.41) is 27.8. The highest BCUT2D eigenvalue weighted by molar-refractivity contribution is 6.34. The number of rotatable bonds is 7. The molecule has 0 radical (unpaired) electrons. The van der Waals surface area contributed by atoms with Crippen LogP contribution in [-0.4, -0.2) is 25.5 Å². The Kier molecular flexibility index (Phi) is 6.11. The first-order chi connectivity index (χ1) is 12.2. The second kappa shape index (κ2) is 8.11. The van der Waals surface area contributed by atoms with Crippen molar-refractivity contribution in [1.82, 2.24) is 9.78 Å². The number of nitrogens with zero attached hydrogens (tertiary/aromatic N) is 4. The monoisotopic (exact) mass is 401 g/mol. The van der Waals surface area contributed by atoms with Gasteiger partial charge in [0.05, 0.1) is 33.0 Å². The maximum Gasteiger partial charge on any atom is 0.408 e. The smallest absolute Gasteiger partial charge is 0.358 e. The van der Waals surface area contributed by atoms with Gasteiger partial charge in [-0.2, -0.15) is 4.68 Å². The Hall–Kier alpha value is -2.72. The number of aryl methyl sites for hydroxylation is 1. The summed E-state index contributed by atoms with van der Waals surface area (Å²) >= 11 is 11.7. The fourth-order valence-corrected chi connectivity index (χ4v) is 2.59. The van der Waals surface area contributed by atoms with Crippen molar-refractivity contribution in [3.05, 3.63) is 54.2 Å². The number of amides is 1. The fraction of sp³-hybridized carbons (Fsp3) is 0.286. The second-order valence-electron chi connectivity index (χ2n) is 5.28. The number of hydrogen-bond acceptors (Lipinski definition) is 6. The van der Waals surface area contributed by atoms with Crippen molar-refractivity contribution in [1.29, 1.82) is 0 Å². The predicted octanol–water partition coefficient (Wildman–Crippen LogP) is 3.73. The number of carbonyl (C=O) groups is 1. The first kappa shape index (κ1) is 19.6. The van der Waals surface area contributed by atoms with E-state index in [1.165, 1.54) is 16.8 Å². The molecule has 2 rings (SSSR count). The Morgan fingerprint density at radius 2 is 1.96 bits per heavy atom. The molecule has 1 amide bonds. The summed E-state index contributed by atoms with van der Waals surface area (Å²) < 4.78 is 1.37. The second-order valence-corrected chi connectivity index (χ2v) is 6.06. The molecule has 1 N–H and O–H groups in total. The van der Waals surface area contributed by atoms with Gasteiger partial charge >= 0.3 is 5.82 Å². The van der Waals surface area contributed by atoms with E-state index in [1.54, 1.807) is 6.92 Å². The third-order valence-electron chi connectivity index (χ3n) is 3.50. The van der Waals surface area contributed by atoms with E-state index >= 15 is 0 Å². The van der Waals surface area contributed by atoms with Crippen LogP contribution in [0, 0.1) is 27.2 Å². The SMILES string of the molecule is Cc1c(Cl)c([N+](=O)[O-])nn1CCCC(=O)Nc1ccc([N+](=O)[O-])cc1Cl. The Morgan fingerprint density at radius 3 is 2.50 bits per heavy atom. The van der Waals surface area contributed by atoms with Gasteiger partial charge in [-0.1, -0.05) is 23.2 Å². The number of carbonyl (C=O) groups excluding carboxylic acids is 1. The number of halogens is 2. The van der Waals surface area contributed by atoms with Crippen LogP contribution in [0.25, 0.3) is 0 Å². The predicted molar refractivity (Wildman–Crippen MR) is 94.6 cm³/mol. The topological polar surface area (TPSA) is 133 Å². The summed E-state index contributed by atoms with van der Waals surface area (Å²) in [6, 6.07) is 3.72. The minimum Gasteiger partial charge on any atom is -0.358 e. The van der Waals surface area contributed by atoms with Crippen LogP contribution in [0.4, 0.5) is 17.2 Å². The number of nitrogens with one attached hydrogen (secondary N) is 1.